The maximum atomic E-state index is 9.38. The molecule has 2 aliphatic rings. The lowest BCUT2D eigenvalue weighted by Gasteiger charge is -2.26. The van der Waals surface area contributed by atoms with E-state index in [1.165, 1.54) is 19.3 Å². The summed E-state index contributed by atoms with van der Waals surface area (Å²) in [6.07, 6.45) is 8.57. The van der Waals surface area contributed by atoms with Crippen LogP contribution in [0.25, 0.3) is 0 Å². The first-order chi connectivity index (χ1) is 11.4. The molecule has 2 aliphatic heterocycles. The summed E-state index contributed by atoms with van der Waals surface area (Å²) in [6.45, 7) is 1.92. The van der Waals surface area contributed by atoms with Crippen molar-refractivity contribution < 1.29 is 0 Å². The van der Waals surface area contributed by atoms with Crippen LogP contribution in [0.15, 0.2) is 18.3 Å². The number of aromatic nitrogens is 4. The molecule has 0 saturated carbocycles. The van der Waals surface area contributed by atoms with Crippen LogP contribution in [0.2, 0.25) is 0 Å². The normalized spacial score (nSPS) is 20.8. The van der Waals surface area contributed by atoms with Crippen molar-refractivity contribution in [2.75, 3.05) is 11.4 Å². The molecule has 118 valence electrons. The monoisotopic (exact) mass is 308 g/mol. The maximum Gasteiger partial charge on any atom is 0.155 e. The molecule has 1 atom stereocenters. The number of pyridine rings is 1. The van der Waals surface area contributed by atoms with Gasteiger partial charge in [-0.05, 0) is 37.8 Å². The quantitative estimate of drug-likeness (QED) is 0.853. The standard InChI is InChI=1S/C17H20N6/c18-12-13-6-4-9-19-16(13)22-11-5-7-14(22)17-21-20-15-8-2-1-3-10-23(15)17/h4,6,9,14H,1-3,5,7-8,10-11H2. The minimum absolute atomic E-state index is 0.177. The zero-order chi connectivity index (χ0) is 15.6. The van der Waals surface area contributed by atoms with Gasteiger partial charge in [0.25, 0.3) is 0 Å². The number of fused-ring (bicyclic) bond motifs is 1. The van der Waals surface area contributed by atoms with E-state index < -0.39 is 0 Å². The van der Waals surface area contributed by atoms with Crippen LogP contribution in [0.3, 0.4) is 0 Å². The number of hydrogen-bond donors (Lipinski definition) is 0. The Balaban J connectivity index is 1.72. The molecular weight excluding hydrogens is 288 g/mol. The maximum absolute atomic E-state index is 9.38. The molecule has 23 heavy (non-hydrogen) atoms. The van der Waals surface area contributed by atoms with Crippen molar-refractivity contribution in [2.45, 2.75) is 51.1 Å². The molecule has 1 unspecified atom stereocenters. The summed E-state index contributed by atoms with van der Waals surface area (Å²) >= 11 is 0. The van der Waals surface area contributed by atoms with E-state index >= 15 is 0 Å². The van der Waals surface area contributed by atoms with E-state index in [0.717, 1.165) is 49.8 Å². The van der Waals surface area contributed by atoms with Crippen molar-refractivity contribution in [3.8, 4) is 6.07 Å². The highest BCUT2D eigenvalue weighted by molar-refractivity contribution is 5.55. The van der Waals surface area contributed by atoms with Gasteiger partial charge in [-0.2, -0.15) is 5.26 Å². The van der Waals surface area contributed by atoms with Gasteiger partial charge in [-0.3, -0.25) is 0 Å². The van der Waals surface area contributed by atoms with Crippen molar-refractivity contribution in [3.63, 3.8) is 0 Å². The molecule has 0 bridgehead atoms. The Morgan fingerprint density at radius 3 is 3.00 bits per heavy atom. The second-order valence-corrected chi connectivity index (χ2v) is 6.27. The number of rotatable bonds is 2. The van der Waals surface area contributed by atoms with Gasteiger partial charge in [0.2, 0.25) is 0 Å². The Kier molecular flexibility index (Phi) is 3.70. The molecule has 0 N–H and O–H groups in total. The van der Waals surface area contributed by atoms with Gasteiger partial charge < -0.3 is 9.47 Å². The lowest BCUT2D eigenvalue weighted by Crippen LogP contribution is -2.27. The van der Waals surface area contributed by atoms with E-state index in [1.54, 1.807) is 6.20 Å². The fourth-order valence-electron chi connectivity index (χ4n) is 3.76. The van der Waals surface area contributed by atoms with E-state index in [-0.39, 0.29) is 6.04 Å². The van der Waals surface area contributed by atoms with Crippen LogP contribution in [0, 0.1) is 11.3 Å². The molecule has 0 aromatic carbocycles. The summed E-state index contributed by atoms with van der Waals surface area (Å²) in [4.78, 5) is 6.71. The fourth-order valence-corrected chi connectivity index (χ4v) is 3.76. The summed E-state index contributed by atoms with van der Waals surface area (Å²) in [5.74, 6) is 2.95. The molecule has 6 nitrogen and oxygen atoms in total. The molecule has 4 rings (SSSR count). The lowest BCUT2D eigenvalue weighted by atomic mass is 10.2. The zero-order valence-electron chi connectivity index (χ0n) is 13.1. The predicted molar refractivity (Wildman–Crippen MR) is 85.9 cm³/mol. The van der Waals surface area contributed by atoms with Crippen molar-refractivity contribution in [1.29, 1.82) is 5.26 Å². The molecular formula is C17H20N6. The summed E-state index contributed by atoms with van der Waals surface area (Å²) in [6, 6.07) is 6.09. The van der Waals surface area contributed by atoms with Crippen molar-refractivity contribution in [2.24, 2.45) is 0 Å². The highest BCUT2D eigenvalue weighted by Crippen LogP contribution is 2.36. The summed E-state index contributed by atoms with van der Waals surface area (Å²) in [5, 5.41) is 18.3. The van der Waals surface area contributed by atoms with Crippen LogP contribution >= 0.6 is 0 Å². The van der Waals surface area contributed by atoms with Gasteiger partial charge in [0.1, 0.15) is 17.7 Å². The van der Waals surface area contributed by atoms with Gasteiger partial charge in [-0.15, -0.1) is 10.2 Å². The van der Waals surface area contributed by atoms with Crippen LogP contribution in [0.5, 0.6) is 0 Å². The molecule has 1 fully saturated rings. The van der Waals surface area contributed by atoms with Crippen LogP contribution in [-0.4, -0.2) is 26.3 Å². The highest BCUT2D eigenvalue weighted by Gasteiger charge is 2.33. The van der Waals surface area contributed by atoms with Gasteiger partial charge in [0.15, 0.2) is 5.82 Å². The van der Waals surface area contributed by atoms with Crippen molar-refractivity contribution >= 4 is 5.82 Å². The van der Waals surface area contributed by atoms with Crippen molar-refractivity contribution in [1.82, 2.24) is 19.7 Å². The Hall–Kier alpha value is -2.42. The van der Waals surface area contributed by atoms with Gasteiger partial charge in [-0.25, -0.2) is 4.98 Å². The summed E-state index contributed by atoms with van der Waals surface area (Å²) in [7, 11) is 0. The van der Waals surface area contributed by atoms with Gasteiger partial charge in [0.05, 0.1) is 11.6 Å². The Bertz CT molecular complexity index is 744. The van der Waals surface area contributed by atoms with E-state index in [0.29, 0.717) is 5.56 Å². The average Bonchev–Trinajstić information content (AvgIpc) is 3.15. The van der Waals surface area contributed by atoms with Gasteiger partial charge >= 0.3 is 0 Å². The molecule has 2 aromatic rings. The molecule has 4 heterocycles. The predicted octanol–water partition coefficient (Wildman–Crippen LogP) is 2.61. The number of nitrogens with zero attached hydrogens (tertiary/aromatic N) is 6. The number of hydrogen-bond acceptors (Lipinski definition) is 5. The number of aryl methyl sites for hydroxylation is 1. The van der Waals surface area contributed by atoms with Gasteiger partial charge in [-0.1, -0.05) is 6.42 Å². The third kappa shape index (κ3) is 2.46. The number of nitriles is 1. The fraction of sp³-hybridized carbons (Fsp3) is 0.529. The zero-order valence-corrected chi connectivity index (χ0v) is 13.1. The first kappa shape index (κ1) is 14.2. The first-order valence-electron chi connectivity index (χ1n) is 8.42. The Morgan fingerprint density at radius 1 is 1.13 bits per heavy atom. The second kappa shape index (κ2) is 5.99. The van der Waals surface area contributed by atoms with Crippen LogP contribution < -0.4 is 4.90 Å². The smallest absolute Gasteiger partial charge is 0.155 e. The molecule has 0 radical (unpaired) electrons. The highest BCUT2D eigenvalue weighted by atomic mass is 15.3. The summed E-state index contributed by atoms with van der Waals surface area (Å²) < 4.78 is 2.31. The molecule has 0 aliphatic carbocycles. The third-order valence-electron chi connectivity index (χ3n) is 4.87. The molecule has 2 aromatic heterocycles. The number of anilines is 1. The molecule has 0 spiro atoms. The Morgan fingerprint density at radius 2 is 2.09 bits per heavy atom. The van der Waals surface area contributed by atoms with Crippen LogP contribution in [0.1, 0.15) is 55.4 Å². The summed E-state index contributed by atoms with van der Waals surface area (Å²) in [5.41, 5.74) is 0.634. The van der Waals surface area contributed by atoms with E-state index in [1.807, 2.05) is 12.1 Å². The average molecular weight is 308 g/mol. The minimum atomic E-state index is 0.177. The van der Waals surface area contributed by atoms with Crippen LogP contribution in [0.4, 0.5) is 5.82 Å². The third-order valence-corrected chi connectivity index (χ3v) is 4.87. The van der Waals surface area contributed by atoms with Crippen LogP contribution in [-0.2, 0) is 13.0 Å². The largest absolute Gasteiger partial charge is 0.345 e. The van der Waals surface area contributed by atoms with E-state index in [4.69, 9.17) is 0 Å². The molecule has 6 heteroatoms. The Labute approximate surface area is 135 Å². The topological polar surface area (TPSA) is 70.6 Å². The lowest BCUT2D eigenvalue weighted by molar-refractivity contribution is 0.558. The van der Waals surface area contributed by atoms with Gasteiger partial charge in [0, 0.05) is 25.7 Å². The molecule has 0 amide bonds. The van der Waals surface area contributed by atoms with Crippen molar-refractivity contribution in [3.05, 3.63) is 35.5 Å². The minimum Gasteiger partial charge on any atom is -0.345 e. The molecule has 1 saturated heterocycles. The van der Waals surface area contributed by atoms with E-state index in [9.17, 15) is 5.26 Å². The first-order valence-corrected chi connectivity index (χ1v) is 8.42. The second-order valence-electron chi connectivity index (χ2n) is 6.27. The SMILES string of the molecule is N#Cc1cccnc1N1CCCC1c1nnc2n1CCCCC2. The van der Waals surface area contributed by atoms with E-state index in [2.05, 4.69) is 30.7 Å².